The van der Waals surface area contributed by atoms with E-state index in [1.54, 1.807) is 23.2 Å². The van der Waals surface area contributed by atoms with Gasteiger partial charge in [0.2, 0.25) is 5.95 Å². The lowest BCUT2D eigenvalue weighted by atomic mass is 10.2. The second-order valence-electron chi connectivity index (χ2n) is 6.28. The first-order chi connectivity index (χ1) is 13.4. The quantitative estimate of drug-likeness (QED) is 0.541. The van der Waals surface area contributed by atoms with Crippen LogP contribution in [0, 0.1) is 0 Å². The lowest BCUT2D eigenvalue weighted by Crippen LogP contribution is -2.47. The van der Waals surface area contributed by atoms with Gasteiger partial charge >= 0.3 is 0 Å². The van der Waals surface area contributed by atoms with E-state index in [0.717, 1.165) is 54.8 Å². The van der Waals surface area contributed by atoms with Crippen LogP contribution in [0.5, 0.6) is 0 Å². The minimum Gasteiger partial charge on any atom is -0.352 e. The van der Waals surface area contributed by atoms with Gasteiger partial charge in [-0.25, -0.2) is 9.97 Å². The molecule has 5 heterocycles. The lowest BCUT2D eigenvalue weighted by Gasteiger charge is -2.35. The van der Waals surface area contributed by atoms with Crippen molar-refractivity contribution in [3.63, 3.8) is 0 Å². The Morgan fingerprint density at radius 2 is 1.63 bits per heavy atom. The first-order valence-corrected chi connectivity index (χ1v) is 8.77. The van der Waals surface area contributed by atoms with Crippen molar-refractivity contribution in [2.24, 2.45) is 0 Å². The molecule has 0 aromatic carbocycles. The fraction of sp³-hybridized carbons (Fsp3) is 0.222. The van der Waals surface area contributed by atoms with E-state index in [0.29, 0.717) is 0 Å². The van der Waals surface area contributed by atoms with E-state index >= 15 is 0 Å². The smallest absolute Gasteiger partial charge is 0.225 e. The lowest BCUT2D eigenvalue weighted by molar-refractivity contribution is 0.630. The second kappa shape index (κ2) is 6.60. The average molecular weight is 359 g/mol. The van der Waals surface area contributed by atoms with Gasteiger partial charge < -0.3 is 9.80 Å². The zero-order valence-electron chi connectivity index (χ0n) is 14.5. The maximum Gasteiger partial charge on any atom is 0.225 e. The molecule has 4 aromatic heterocycles. The molecule has 4 aromatic rings. The third-order valence-corrected chi connectivity index (χ3v) is 4.65. The molecule has 0 amide bonds. The van der Waals surface area contributed by atoms with Gasteiger partial charge in [0.05, 0.1) is 5.69 Å². The molecule has 134 valence electrons. The van der Waals surface area contributed by atoms with Crippen molar-refractivity contribution < 1.29 is 0 Å². The minimum absolute atomic E-state index is 0.749. The highest BCUT2D eigenvalue weighted by molar-refractivity contribution is 5.59. The Kier molecular flexibility index (Phi) is 3.82. The minimum atomic E-state index is 0.749. The normalized spacial score (nSPS) is 14.7. The van der Waals surface area contributed by atoms with Gasteiger partial charge in [-0.3, -0.25) is 4.98 Å². The van der Waals surface area contributed by atoms with Crippen molar-refractivity contribution in [3.05, 3.63) is 55.2 Å². The van der Waals surface area contributed by atoms with Crippen LogP contribution in [-0.2, 0) is 0 Å². The number of anilines is 2. The Bertz CT molecular complexity index is 1050. The van der Waals surface area contributed by atoms with Crippen molar-refractivity contribution in [1.82, 2.24) is 34.8 Å². The summed E-state index contributed by atoms with van der Waals surface area (Å²) in [6.45, 7) is 3.37. The molecule has 1 aliphatic rings. The number of rotatable bonds is 3. The maximum atomic E-state index is 4.73. The molecule has 0 saturated carbocycles. The van der Waals surface area contributed by atoms with Gasteiger partial charge in [-0.15, -0.1) is 15.3 Å². The highest BCUT2D eigenvalue weighted by atomic mass is 15.4. The first-order valence-electron chi connectivity index (χ1n) is 8.77. The van der Waals surface area contributed by atoms with Gasteiger partial charge in [0.25, 0.3) is 0 Å². The van der Waals surface area contributed by atoms with Crippen LogP contribution in [0.15, 0.2) is 55.2 Å². The number of aromatic nitrogens is 7. The number of nitrogens with zero attached hydrogens (tertiary/aromatic N) is 9. The molecule has 1 fully saturated rings. The predicted molar refractivity (Wildman–Crippen MR) is 100 cm³/mol. The van der Waals surface area contributed by atoms with E-state index in [2.05, 4.69) is 35.1 Å². The van der Waals surface area contributed by atoms with E-state index < -0.39 is 0 Å². The SMILES string of the molecule is c1cc(-c2ccnc(N3CCN(c4ccc5nncn5n4)CC3)n2)ccn1. The third kappa shape index (κ3) is 3.03. The topological polar surface area (TPSA) is 88.2 Å². The van der Waals surface area contributed by atoms with Crippen LogP contribution in [0.1, 0.15) is 0 Å². The molecule has 1 saturated heterocycles. The van der Waals surface area contributed by atoms with Crippen LogP contribution in [-0.4, -0.2) is 60.9 Å². The molecule has 0 bridgehead atoms. The molecular weight excluding hydrogens is 342 g/mol. The Morgan fingerprint density at radius 3 is 2.48 bits per heavy atom. The summed E-state index contributed by atoms with van der Waals surface area (Å²) in [4.78, 5) is 17.7. The summed E-state index contributed by atoms with van der Waals surface area (Å²) < 4.78 is 1.70. The standard InChI is InChI=1S/C18H17N9/c1-2-17(24-27-13-21-23-16(1)27)25-9-11-26(12-10-25)18-20-8-5-15(22-18)14-3-6-19-7-4-14/h1-8,13H,9-12H2. The molecule has 9 nitrogen and oxygen atoms in total. The van der Waals surface area contributed by atoms with Gasteiger partial charge in [-0.1, -0.05) is 0 Å². The summed E-state index contributed by atoms with van der Waals surface area (Å²) in [5, 5.41) is 12.4. The van der Waals surface area contributed by atoms with Crippen LogP contribution < -0.4 is 9.80 Å². The highest BCUT2D eigenvalue weighted by Gasteiger charge is 2.20. The molecule has 9 heteroatoms. The number of piperazine rings is 1. The van der Waals surface area contributed by atoms with Crippen molar-refractivity contribution in [3.8, 4) is 11.3 Å². The van der Waals surface area contributed by atoms with Crippen LogP contribution >= 0.6 is 0 Å². The molecule has 0 N–H and O–H groups in total. The van der Waals surface area contributed by atoms with Crippen molar-refractivity contribution in [2.75, 3.05) is 36.0 Å². The van der Waals surface area contributed by atoms with E-state index in [-0.39, 0.29) is 0 Å². The van der Waals surface area contributed by atoms with E-state index in [1.165, 1.54) is 0 Å². The van der Waals surface area contributed by atoms with Gasteiger partial charge in [0.15, 0.2) is 5.65 Å². The fourth-order valence-electron chi connectivity index (χ4n) is 3.21. The Hall–Kier alpha value is -3.62. The van der Waals surface area contributed by atoms with Gasteiger partial charge in [-0.05, 0) is 30.3 Å². The van der Waals surface area contributed by atoms with Crippen LogP contribution in [0.25, 0.3) is 16.9 Å². The molecule has 5 rings (SSSR count). The van der Waals surface area contributed by atoms with Gasteiger partial charge in [0, 0.05) is 50.3 Å². The van der Waals surface area contributed by atoms with Gasteiger partial charge in [0.1, 0.15) is 12.1 Å². The van der Waals surface area contributed by atoms with E-state index in [1.807, 2.05) is 36.5 Å². The summed E-state index contributed by atoms with van der Waals surface area (Å²) in [6.07, 6.45) is 6.98. The summed E-state index contributed by atoms with van der Waals surface area (Å²) in [6, 6.07) is 9.75. The molecular formula is C18H17N9. The highest BCUT2D eigenvalue weighted by Crippen LogP contribution is 2.20. The number of pyridine rings is 1. The molecule has 0 radical (unpaired) electrons. The number of hydrogen-bond donors (Lipinski definition) is 0. The summed E-state index contributed by atoms with van der Waals surface area (Å²) >= 11 is 0. The molecule has 0 unspecified atom stereocenters. The first kappa shape index (κ1) is 15.6. The Labute approximate surface area is 155 Å². The number of fused-ring (bicyclic) bond motifs is 1. The maximum absolute atomic E-state index is 4.73. The Morgan fingerprint density at radius 1 is 0.815 bits per heavy atom. The average Bonchev–Trinajstić information content (AvgIpc) is 3.22. The van der Waals surface area contributed by atoms with Crippen LogP contribution in [0.3, 0.4) is 0 Å². The monoisotopic (exact) mass is 359 g/mol. The summed E-state index contributed by atoms with van der Waals surface area (Å²) in [5.74, 6) is 1.68. The summed E-state index contributed by atoms with van der Waals surface area (Å²) in [7, 11) is 0. The number of hydrogen-bond acceptors (Lipinski definition) is 8. The van der Waals surface area contributed by atoms with Gasteiger partial charge in [-0.2, -0.15) is 4.52 Å². The van der Waals surface area contributed by atoms with Crippen molar-refractivity contribution >= 4 is 17.4 Å². The summed E-state index contributed by atoms with van der Waals surface area (Å²) in [5.41, 5.74) is 2.70. The largest absolute Gasteiger partial charge is 0.352 e. The predicted octanol–water partition coefficient (Wildman–Crippen LogP) is 1.30. The van der Waals surface area contributed by atoms with Crippen LogP contribution in [0.2, 0.25) is 0 Å². The van der Waals surface area contributed by atoms with Crippen molar-refractivity contribution in [1.29, 1.82) is 0 Å². The van der Waals surface area contributed by atoms with E-state index in [4.69, 9.17) is 4.98 Å². The molecule has 27 heavy (non-hydrogen) atoms. The van der Waals surface area contributed by atoms with Crippen LogP contribution in [0.4, 0.5) is 11.8 Å². The van der Waals surface area contributed by atoms with Crippen molar-refractivity contribution in [2.45, 2.75) is 0 Å². The molecule has 0 aliphatic carbocycles. The fourth-order valence-corrected chi connectivity index (χ4v) is 3.21. The molecule has 1 aliphatic heterocycles. The zero-order chi connectivity index (χ0) is 18.1. The second-order valence-corrected chi connectivity index (χ2v) is 6.28. The molecule has 0 atom stereocenters. The molecule has 0 spiro atoms. The zero-order valence-corrected chi connectivity index (χ0v) is 14.5. The third-order valence-electron chi connectivity index (χ3n) is 4.65. The Balaban J connectivity index is 1.31. The van der Waals surface area contributed by atoms with E-state index in [9.17, 15) is 0 Å².